The molecule has 0 aliphatic carbocycles. The number of quaternary nitrogens is 1. The number of aliphatic hydroxyl groups is 1. The van der Waals surface area contributed by atoms with E-state index in [1.165, 1.54) is 193 Å². The van der Waals surface area contributed by atoms with Gasteiger partial charge in [-0.15, -0.1) is 0 Å². The van der Waals surface area contributed by atoms with Gasteiger partial charge < -0.3 is 28.8 Å². The lowest BCUT2D eigenvalue weighted by Gasteiger charge is -2.29. The fourth-order valence-electron chi connectivity index (χ4n) is 8.87. The van der Waals surface area contributed by atoms with Crippen molar-refractivity contribution in [2.45, 2.75) is 289 Å². The number of amides is 1. The molecule has 3 atom stereocenters. The number of nitrogens with one attached hydrogen (secondary N) is 1. The molecule has 0 saturated heterocycles. The van der Waals surface area contributed by atoms with Crippen LogP contribution in [0.5, 0.6) is 0 Å². The maximum Gasteiger partial charge on any atom is 0.268 e. The van der Waals surface area contributed by atoms with E-state index in [0.717, 1.165) is 64.2 Å². The van der Waals surface area contributed by atoms with Crippen LogP contribution in [0.3, 0.4) is 0 Å². The molecule has 0 bridgehead atoms. The highest BCUT2D eigenvalue weighted by atomic mass is 31.2. The second kappa shape index (κ2) is 54.7. The first-order valence-corrected chi connectivity index (χ1v) is 32.3. The van der Waals surface area contributed by atoms with Crippen LogP contribution >= 0.6 is 7.82 Å². The summed E-state index contributed by atoms with van der Waals surface area (Å²) in [5, 5.41) is 13.8. The molecule has 0 spiro atoms. The van der Waals surface area contributed by atoms with E-state index in [9.17, 15) is 19.4 Å². The molecule has 0 saturated carbocycles. The number of carbonyl (C=O) groups excluding carboxylic acids is 1. The molecule has 0 fully saturated rings. The Labute approximate surface area is 453 Å². The Morgan fingerprint density at radius 1 is 0.493 bits per heavy atom. The van der Waals surface area contributed by atoms with Crippen molar-refractivity contribution in [1.82, 2.24) is 5.32 Å². The van der Waals surface area contributed by atoms with Gasteiger partial charge in [0, 0.05) is 6.42 Å². The molecule has 0 aromatic heterocycles. The third kappa shape index (κ3) is 57.5. The number of phosphoric ester groups is 1. The van der Waals surface area contributed by atoms with Gasteiger partial charge in [-0.05, 0) is 70.6 Å². The average Bonchev–Trinajstić information content (AvgIpc) is 3.35. The molecule has 2 N–H and O–H groups in total. The maximum atomic E-state index is 13.0. The quantitative estimate of drug-likeness (QED) is 0.0272. The number of aliphatic hydroxyl groups excluding tert-OH is 1. The van der Waals surface area contributed by atoms with E-state index < -0.39 is 26.6 Å². The number of phosphoric acid groups is 1. The van der Waals surface area contributed by atoms with Gasteiger partial charge in [-0.2, -0.15) is 0 Å². The molecule has 8 nitrogen and oxygen atoms in total. The summed E-state index contributed by atoms with van der Waals surface area (Å²) in [7, 11) is 1.25. The van der Waals surface area contributed by atoms with Crippen LogP contribution in [0.4, 0.5) is 0 Å². The van der Waals surface area contributed by atoms with Crippen molar-refractivity contribution < 1.29 is 32.9 Å². The molecule has 0 aromatic carbocycles. The Kier molecular flexibility index (Phi) is 53.2. The van der Waals surface area contributed by atoms with E-state index in [1.807, 2.05) is 27.2 Å². The third-order valence-electron chi connectivity index (χ3n) is 13.7. The standard InChI is InChI=1S/C64H119N2O6P/c1-6-8-10-12-14-16-18-20-22-23-24-25-26-27-28-29-30-31-32-33-34-35-36-37-38-39-40-41-42-43-44-46-48-50-52-54-56-58-64(68)65-62(61-72-73(69,70)71-60-59-66(3,4)5)63(67)57-55-53-51-49-47-45-21-19-17-15-13-11-9-7-2/h8,10,14,16,20,22,24-25,47,49,55,57,62-63,67H,6-7,9,11-13,15,17-19,21,23,26-46,48,50-54,56,58-61H2,1-5H3,(H-,65,68,69,70)/b10-8-,16-14-,22-20-,25-24-,49-47+,57-55+. The molecule has 1 amide bonds. The van der Waals surface area contributed by atoms with Crippen molar-refractivity contribution in [3.8, 4) is 0 Å². The van der Waals surface area contributed by atoms with Gasteiger partial charge in [-0.3, -0.25) is 9.36 Å². The van der Waals surface area contributed by atoms with E-state index in [0.29, 0.717) is 17.4 Å². The van der Waals surface area contributed by atoms with Gasteiger partial charge in [-0.1, -0.05) is 273 Å². The minimum atomic E-state index is -4.60. The molecule has 0 heterocycles. The molecule has 3 unspecified atom stereocenters. The van der Waals surface area contributed by atoms with Crippen LogP contribution in [0, 0.1) is 0 Å². The van der Waals surface area contributed by atoms with Gasteiger partial charge in [0.25, 0.3) is 7.82 Å². The number of nitrogens with zero attached hydrogens (tertiary/aromatic N) is 1. The first kappa shape index (κ1) is 70.9. The maximum absolute atomic E-state index is 13.0. The van der Waals surface area contributed by atoms with Crippen LogP contribution in [-0.2, 0) is 18.4 Å². The lowest BCUT2D eigenvalue weighted by molar-refractivity contribution is -0.870. The van der Waals surface area contributed by atoms with Gasteiger partial charge >= 0.3 is 0 Å². The summed E-state index contributed by atoms with van der Waals surface area (Å²) in [4.78, 5) is 25.5. The molecular formula is C64H119N2O6P. The highest BCUT2D eigenvalue weighted by molar-refractivity contribution is 7.45. The Bertz CT molecular complexity index is 1420. The highest BCUT2D eigenvalue weighted by Gasteiger charge is 2.23. The molecule has 73 heavy (non-hydrogen) atoms. The second-order valence-corrected chi connectivity index (χ2v) is 23.4. The van der Waals surface area contributed by atoms with Gasteiger partial charge in [0.1, 0.15) is 13.2 Å². The van der Waals surface area contributed by atoms with Crippen LogP contribution in [-0.4, -0.2) is 68.5 Å². The molecular weight excluding hydrogens is 924 g/mol. The topological polar surface area (TPSA) is 108 Å². The number of allylic oxidation sites excluding steroid dienone is 11. The van der Waals surface area contributed by atoms with Crippen LogP contribution in [0.2, 0.25) is 0 Å². The molecule has 0 aromatic rings. The summed E-state index contributed by atoms with van der Waals surface area (Å²) in [6, 6.07) is -0.903. The smallest absolute Gasteiger partial charge is 0.268 e. The number of rotatable bonds is 56. The normalized spacial score (nSPS) is 14.3. The van der Waals surface area contributed by atoms with Crippen LogP contribution in [0.15, 0.2) is 72.9 Å². The lowest BCUT2D eigenvalue weighted by Crippen LogP contribution is -2.45. The SMILES string of the molecule is CC/C=C\C/C=C\C/C=C\C/C=C\CCCCCCCCCCCCCCCCCCCCCCCCCCC(=O)NC(COP(=O)([O-])OCC[N+](C)(C)C)C(O)/C=C/CC/C=C/CCCCCCCCCC. The monoisotopic (exact) mass is 1040 g/mol. The van der Waals surface area contributed by atoms with Crippen LogP contribution in [0.25, 0.3) is 0 Å². The first-order chi connectivity index (χ1) is 35.5. The summed E-state index contributed by atoms with van der Waals surface area (Å²) in [6.45, 7) is 4.52. The minimum Gasteiger partial charge on any atom is -0.756 e. The number of hydrogen-bond acceptors (Lipinski definition) is 6. The molecule has 0 rings (SSSR count). The summed E-state index contributed by atoms with van der Waals surface area (Å²) >= 11 is 0. The number of likely N-dealkylation sites (N-methyl/N-ethyl adjacent to an activating group) is 1. The minimum absolute atomic E-state index is 0.00643. The van der Waals surface area contributed by atoms with E-state index in [4.69, 9.17) is 9.05 Å². The second-order valence-electron chi connectivity index (χ2n) is 22.0. The lowest BCUT2D eigenvalue weighted by atomic mass is 10.0. The molecule has 0 radical (unpaired) electrons. The third-order valence-corrected chi connectivity index (χ3v) is 14.6. The molecule has 9 heteroatoms. The van der Waals surface area contributed by atoms with Crippen LogP contribution in [0.1, 0.15) is 277 Å². The zero-order chi connectivity index (χ0) is 53.5. The van der Waals surface area contributed by atoms with Crippen molar-refractivity contribution in [1.29, 1.82) is 0 Å². The van der Waals surface area contributed by atoms with Crippen molar-refractivity contribution in [2.75, 3.05) is 40.9 Å². The number of hydrogen-bond donors (Lipinski definition) is 2. The van der Waals surface area contributed by atoms with Crippen LogP contribution < -0.4 is 10.2 Å². The van der Waals surface area contributed by atoms with E-state index in [1.54, 1.807) is 6.08 Å². The fourth-order valence-corrected chi connectivity index (χ4v) is 9.59. The average molecular weight is 1040 g/mol. The largest absolute Gasteiger partial charge is 0.756 e. The van der Waals surface area contributed by atoms with E-state index in [2.05, 4.69) is 79.9 Å². The van der Waals surface area contributed by atoms with E-state index in [-0.39, 0.29) is 12.5 Å². The number of carbonyl (C=O) groups is 1. The Balaban J connectivity index is 3.95. The van der Waals surface area contributed by atoms with Crippen molar-refractivity contribution in [3.05, 3.63) is 72.9 Å². The fraction of sp³-hybridized carbons (Fsp3) is 0.797. The van der Waals surface area contributed by atoms with Gasteiger partial charge in [0.05, 0.1) is 39.9 Å². The first-order valence-electron chi connectivity index (χ1n) is 30.8. The molecule has 0 aliphatic rings. The molecule has 426 valence electrons. The van der Waals surface area contributed by atoms with E-state index >= 15 is 0 Å². The highest BCUT2D eigenvalue weighted by Crippen LogP contribution is 2.38. The zero-order valence-corrected chi connectivity index (χ0v) is 49.5. The van der Waals surface area contributed by atoms with Crippen molar-refractivity contribution in [3.63, 3.8) is 0 Å². The Morgan fingerprint density at radius 3 is 1.27 bits per heavy atom. The predicted octanol–water partition coefficient (Wildman–Crippen LogP) is 18.4. The summed E-state index contributed by atoms with van der Waals surface area (Å²) < 4.78 is 23.3. The van der Waals surface area contributed by atoms with Gasteiger partial charge in [0.15, 0.2) is 0 Å². The van der Waals surface area contributed by atoms with Crippen molar-refractivity contribution >= 4 is 13.7 Å². The van der Waals surface area contributed by atoms with Crippen molar-refractivity contribution in [2.24, 2.45) is 0 Å². The molecule has 0 aliphatic heterocycles. The Hall–Kier alpha value is -2.06. The summed E-state index contributed by atoms with van der Waals surface area (Å²) in [5.74, 6) is -0.205. The Morgan fingerprint density at radius 2 is 0.849 bits per heavy atom. The van der Waals surface area contributed by atoms with Gasteiger partial charge in [0.2, 0.25) is 5.91 Å². The van der Waals surface area contributed by atoms with Gasteiger partial charge in [-0.25, -0.2) is 0 Å². The summed E-state index contributed by atoms with van der Waals surface area (Å²) in [6.07, 6.45) is 75.9. The predicted molar refractivity (Wildman–Crippen MR) is 316 cm³/mol. The number of unbranched alkanes of at least 4 members (excludes halogenated alkanes) is 33. The summed E-state index contributed by atoms with van der Waals surface area (Å²) in [5.41, 5.74) is 0. The zero-order valence-electron chi connectivity index (χ0n) is 48.6.